The molecule has 0 atom stereocenters. The van der Waals surface area contributed by atoms with Gasteiger partial charge in [0.2, 0.25) is 0 Å². The molecule has 0 aliphatic rings. The molecule has 0 bridgehead atoms. The van der Waals surface area contributed by atoms with E-state index >= 15 is 0 Å². The molecule has 0 fully saturated rings. The van der Waals surface area contributed by atoms with Crippen molar-refractivity contribution in [2.45, 2.75) is 19.4 Å². The van der Waals surface area contributed by atoms with Gasteiger partial charge in [-0.2, -0.15) is 0 Å². The quantitative estimate of drug-likeness (QED) is 0.813. The summed E-state index contributed by atoms with van der Waals surface area (Å²) in [6, 6.07) is 20.5. The number of allylic oxidation sites excluding steroid dienone is 1. The van der Waals surface area contributed by atoms with Crippen molar-refractivity contribution in [1.29, 1.82) is 0 Å². The van der Waals surface area contributed by atoms with Gasteiger partial charge in [0.15, 0.2) is 0 Å². The third-order valence-corrected chi connectivity index (χ3v) is 3.65. The maximum atomic E-state index is 5.61. The van der Waals surface area contributed by atoms with E-state index in [-0.39, 0.29) is 0 Å². The average Bonchev–Trinajstić information content (AvgIpc) is 2.46. The normalized spacial score (nSPS) is 10.9. The fourth-order valence-corrected chi connectivity index (χ4v) is 2.79. The van der Waals surface area contributed by atoms with E-state index in [0.717, 1.165) is 21.7 Å². The van der Waals surface area contributed by atoms with Gasteiger partial charge in [0.05, 0.1) is 0 Å². The molecule has 0 amide bonds. The van der Waals surface area contributed by atoms with Gasteiger partial charge in [0.25, 0.3) is 0 Å². The summed E-state index contributed by atoms with van der Waals surface area (Å²) < 4.78 is 0. The van der Waals surface area contributed by atoms with Crippen LogP contribution in [0.2, 0.25) is 0 Å². The third kappa shape index (κ3) is 2.66. The van der Waals surface area contributed by atoms with E-state index in [1.165, 1.54) is 0 Å². The summed E-state index contributed by atoms with van der Waals surface area (Å²) in [5, 5.41) is 3.49. The van der Waals surface area contributed by atoms with Crippen LogP contribution < -0.4 is 5.32 Å². The second-order valence-corrected chi connectivity index (χ2v) is 5.56. The molecule has 0 heterocycles. The molecule has 2 heteroatoms. The first-order valence-corrected chi connectivity index (χ1v) is 7.04. The monoisotopic (exact) mass is 281 g/mol. The number of hydrogen-bond acceptors (Lipinski definition) is 2. The molecule has 2 aromatic rings. The largest absolute Gasteiger partial charge is 0.372 e. The van der Waals surface area contributed by atoms with Crippen molar-refractivity contribution in [3.8, 4) is 0 Å². The van der Waals surface area contributed by atoms with Crippen LogP contribution in [0.3, 0.4) is 0 Å². The molecule has 1 nitrogen and oxygen atoms in total. The molecule has 2 rings (SSSR count). The highest BCUT2D eigenvalue weighted by molar-refractivity contribution is 7.80. The predicted molar refractivity (Wildman–Crippen MR) is 89.9 cm³/mol. The van der Waals surface area contributed by atoms with E-state index < -0.39 is 5.54 Å². The summed E-state index contributed by atoms with van der Waals surface area (Å²) in [5.74, 6) is 0. The van der Waals surface area contributed by atoms with Gasteiger partial charge in [-0.05, 0) is 25.0 Å². The lowest BCUT2D eigenvalue weighted by Crippen LogP contribution is -2.47. The Labute approximate surface area is 126 Å². The SMILES string of the molecule is C=C(C)NC(C(C)=S)(c1ccccc1)c1ccccc1. The highest BCUT2D eigenvalue weighted by Crippen LogP contribution is 2.32. The molecule has 0 radical (unpaired) electrons. The van der Waals surface area contributed by atoms with Gasteiger partial charge in [-0.15, -0.1) is 0 Å². The molecule has 20 heavy (non-hydrogen) atoms. The molecule has 2 aromatic carbocycles. The number of thiocarbonyl (C=S) groups is 1. The summed E-state index contributed by atoms with van der Waals surface area (Å²) in [4.78, 5) is 0.873. The van der Waals surface area contributed by atoms with Crippen LogP contribution >= 0.6 is 12.2 Å². The maximum Gasteiger partial charge on any atom is 0.119 e. The van der Waals surface area contributed by atoms with E-state index in [1.807, 2.05) is 50.2 Å². The third-order valence-electron chi connectivity index (χ3n) is 3.34. The summed E-state index contributed by atoms with van der Waals surface area (Å²) >= 11 is 5.61. The number of benzene rings is 2. The lowest BCUT2D eigenvalue weighted by molar-refractivity contribution is 0.592. The Bertz CT molecular complexity index is 562. The van der Waals surface area contributed by atoms with Gasteiger partial charge in [0.1, 0.15) is 5.54 Å². The lowest BCUT2D eigenvalue weighted by atomic mass is 9.80. The zero-order chi connectivity index (χ0) is 14.6. The van der Waals surface area contributed by atoms with Crippen molar-refractivity contribution in [2.24, 2.45) is 0 Å². The maximum absolute atomic E-state index is 5.61. The molecule has 0 spiro atoms. The first kappa shape index (κ1) is 14.5. The van der Waals surface area contributed by atoms with Gasteiger partial charge in [0, 0.05) is 10.6 Å². The molecular weight excluding hydrogens is 262 g/mol. The Kier molecular flexibility index (Phi) is 4.35. The minimum absolute atomic E-state index is 0.510. The second kappa shape index (κ2) is 6.02. The molecular formula is C18H19NS. The van der Waals surface area contributed by atoms with Crippen LogP contribution in [-0.2, 0) is 5.54 Å². The average molecular weight is 281 g/mol. The minimum atomic E-state index is -0.510. The van der Waals surface area contributed by atoms with Gasteiger partial charge in [-0.1, -0.05) is 79.5 Å². The van der Waals surface area contributed by atoms with E-state index in [9.17, 15) is 0 Å². The number of nitrogens with one attached hydrogen (secondary N) is 1. The summed E-state index contributed by atoms with van der Waals surface area (Å²) in [6.07, 6.45) is 0. The number of rotatable bonds is 5. The molecule has 0 saturated heterocycles. The molecule has 102 valence electrons. The highest BCUT2D eigenvalue weighted by atomic mass is 32.1. The fourth-order valence-electron chi connectivity index (χ4n) is 2.50. The Morgan fingerprint density at radius 2 is 1.30 bits per heavy atom. The van der Waals surface area contributed by atoms with Crippen LogP contribution in [0.1, 0.15) is 25.0 Å². The van der Waals surface area contributed by atoms with E-state index in [2.05, 4.69) is 36.2 Å². The molecule has 1 N–H and O–H groups in total. The van der Waals surface area contributed by atoms with E-state index in [4.69, 9.17) is 12.2 Å². The highest BCUT2D eigenvalue weighted by Gasteiger charge is 2.36. The first-order chi connectivity index (χ1) is 9.57. The standard InChI is InChI=1S/C18H19NS/c1-14(2)19-18(15(3)20,16-10-6-4-7-11-16)17-12-8-5-9-13-17/h4-13,19H,1H2,2-3H3. The minimum Gasteiger partial charge on any atom is -0.372 e. The Morgan fingerprint density at radius 1 is 0.900 bits per heavy atom. The topological polar surface area (TPSA) is 12.0 Å². The second-order valence-electron chi connectivity index (χ2n) is 4.94. The van der Waals surface area contributed by atoms with E-state index in [1.54, 1.807) is 0 Å². The Morgan fingerprint density at radius 3 is 1.60 bits per heavy atom. The predicted octanol–water partition coefficient (Wildman–Crippen LogP) is 4.44. The fraction of sp³-hybridized carbons (Fsp3) is 0.167. The zero-order valence-electron chi connectivity index (χ0n) is 11.9. The molecule has 0 aromatic heterocycles. The van der Waals surface area contributed by atoms with Crippen LogP contribution in [0.25, 0.3) is 0 Å². The van der Waals surface area contributed by atoms with Gasteiger partial charge in [-0.25, -0.2) is 0 Å². The Hall–Kier alpha value is -1.93. The summed E-state index contributed by atoms with van der Waals surface area (Å²) in [5.41, 5.74) is 2.63. The molecule has 0 aliphatic carbocycles. The first-order valence-electron chi connectivity index (χ1n) is 6.63. The van der Waals surface area contributed by atoms with Crippen molar-refractivity contribution in [2.75, 3.05) is 0 Å². The lowest BCUT2D eigenvalue weighted by Gasteiger charge is -2.36. The van der Waals surface area contributed by atoms with Crippen molar-refractivity contribution in [3.63, 3.8) is 0 Å². The van der Waals surface area contributed by atoms with Gasteiger partial charge >= 0.3 is 0 Å². The van der Waals surface area contributed by atoms with Crippen LogP contribution in [0.5, 0.6) is 0 Å². The molecule has 0 aliphatic heterocycles. The van der Waals surface area contributed by atoms with E-state index in [0.29, 0.717) is 0 Å². The van der Waals surface area contributed by atoms with Crippen molar-refractivity contribution < 1.29 is 0 Å². The van der Waals surface area contributed by atoms with Crippen LogP contribution in [-0.4, -0.2) is 4.86 Å². The molecule has 0 saturated carbocycles. The smallest absolute Gasteiger partial charge is 0.119 e. The van der Waals surface area contributed by atoms with Crippen molar-refractivity contribution in [3.05, 3.63) is 84.1 Å². The Balaban J connectivity index is 2.69. The molecule has 0 unspecified atom stereocenters. The summed E-state index contributed by atoms with van der Waals surface area (Å²) in [7, 11) is 0. The van der Waals surface area contributed by atoms with Crippen LogP contribution in [0, 0.1) is 0 Å². The van der Waals surface area contributed by atoms with Crippen LogP contribution in [0.15, 0.2) is 72.9 Å². The summed E-state index contributed by atoms with van der Waals surface area (Å²) in [6.45, 7) is 7.94. The van der Waals surface area contributed by atoms with Gasteiger partial charge < -0.3 is 5.32 Å². The van der Waals surface area contributed by atoms with Crippen LogP contribution in [0.4, 0.5) is 0 Å². The van der Waals surface area contributed by atoms with Crippen molar-refractivity contribution in [1.82, 2.24) is 5.32 Å². The number of hydrogen-bond donors (Lipinski definition) is 1. The van der Waals surface area contributed by atoms with Gasteiger partial charge in [-0.3, -0.25) is 0 Å². The van der Waals surface area contributed by atoms with Crippen molar-refractivity contribution >= 4 is 17.1 Å². The zero-order valence-corrected chi connectivity index (χ0v) is 12.7.